The molecule has 2 rings (SSSR count). The molecule has 0 fully saturated rings. The Kier molecular flexibility index (Phi) is 4.80. The number of rotatable bonds is 5. The van der Waals surface area contributed by atoms with Crippen LogP contribution in [-0.2, 0) is 10.2 Å². The van der Waals surface area contributed by atoms with Crippen molar-refractivity contribution in [1.82, 2.24) is 0 Å². The number of nitrogens with zero attached hydrogens (tertiary/aromatic N) is 1. The third-order valence-corrected chi connectivity index (χ3v) is 3.48. The number of carbonyl (C=O) groups excluding carboxylic acids is 1. The standard InChI is InChI=1S/C18H18N2O2/c1-18(2,14-6-4-3-5-7-14)17(21)20-15-8-10-16(11-9-15)22-13-12-19/h3-11H,13H2,1-2H3,(H,20,21). The van der Waals surface area contributed by atoms with Gasteiger partial charge in [-0.25, -0.2) is 0 Å². The molecule has 22 heavy (non-hydrogen) atoms. The van der Waals surface area contributed by atoms with Crippen molar-refractivity contribution in [2.45, 2.75) is 19.3 Å². The van der Waals surface area contributed by atoms with Gasteiger partial charge in [0.15, 0.2) is 6.61 Å². The minimum absolute atomic E-state index is 0.00669. The van der Waals surface area contributed by atoms with Gasteiger partial charge in [0.1, 0.15) is 11.8 Å². The molecule has 0 aliphatic heterocycles. The fourth-order valence-corrected chi connectivity index (χ4v) is 2.02. The lowest BCUT2D eigenvalue weighted by Gasteiger charge is -2.24. The Morgan fingerprint density at radius 2 is 1.77 bits per heavy atom. The van der Waals surface area contributed by atoms with Gasteiger partial charge in [-0.1, -0.05) is 30.3 Å². The number of anilines is 1. The van der Waals surface area contributed by atoms with E-state index in [2.05, 4.69) is 5.32 Å². The van der Waals surface area contributed by atoms with Crippen molar-refractivity contribution < 1.29 is 9.53 Å². The number of carbonyl (C=O) groups is 1. The van der Waals surface area contributed by atoms with E-state index < -0.39 is 5.41 Å². The lowest BCUT2D eigenvalue weighted by molar-refractivity contribution is -0.120. The van der Waals surface area contributed by atoms with Crippen molar-refractivity contribution in [1.29, 1.82) is 5.26 Å². The molecule has 112 valence electrons. The molecule has 4 nitrogen and oxygen atoms in total. The maximum absolute atomic E-state index is 12.5. The lowest BCUT2D eigenvalue weighted by atomic mass is 9.83. The number of hydrogen-bond acceptors (Lipinski definition) is 3. The van der Waals surface area contributed by atoms with Crippen LogP contribution in [0.3, 0.4) is 0 Å². The third-order valence-electron chi connectivity index (χ3n) is 3.48. The van der Waals surface area contributed by atoms with Gasteiger partial charge in [0, 0.05) is 5.69 Å². The van der Waals surface area contributed by atoms with Crippen LogP contribution in [0.5, 0.6) is 5.75 Å². The highest BCUT2D eigenvalue weighted by atomic mass is 16.5. The molecule has 0 aliphatic rings. The third kappa shape index (κ3) is 3.64. The number of ether oxygens (including phenoxy) is 1. The molecule has 0 spiro atoms. The Morgan fingerprint density at radius 1 is 1.14 bits per heavy atom. The normalized spacial score (nSPS) is 10.6. The summed E-state index contributed by atoms with van der Waals surface area (Å²) in [4.78, 5) is 12.5. The molecule has 2 aromatic rings. The second-order valence-electron chi connectivity index (χ2n) is 5.42. The van der Waals surface area contributed by atoms with E-state index in [0.29, 0.717) is 11.4 Å². The van der Waals surface area contributed by atoms with E-state index in [1.54, 1.807) is 24.3 Å². The average molecular weight is 294 g/mol. The fourth-order valence-electron chi connectivity index (χ4n) is 2.02. The summed E-state index contributed by atoms with van der Waals surface area (Å²) in [6.07, 6.45) is 0. The summed E-state index contributed by atoms with van der Waals surface area (Å²) < 4.78 is 5.18. The zero-order chi connectivity index (χ0) is 16.0. The number of hydrogen-bond donors (Lipinski definition) is 1. The second kappa shape index (κ2) is 6.77. The smallest absolute Gasteiger partial charge is 0.234 e. The lowest BCUT2D eigenvalue weighted by Crippen LogP contribution is -2.34. The Morgan fingerprint density at radius 3 is 2.36 bits per heavy atom. The van der Waals surface area contributed by atoms with Gasteiger partial charge in [0.05, 0.1) is 5.41 Å². The summed E-state index contributed by atoms with van der Waals surface area (Å²) in [5, 5.41) is 11.4. The zero-order valence-corrected chi connectivity index (χ0v) is 12.7. The molecule has 0 bridgehead atoms. The SMILES string of the molecule is CC(C)(C(=O)Nc1ccc(OCC#N)cc1)c1ccccc1. The summed E-state index contributed by atoms with van der Waals surface area (Å²) in [6, 6.07) is 18.5. The van der Waals surface area contributed by atoms with Gasteiger partial charge in [-0.3, -0.25) is 4.79 Å². The predicted molar refractivity (Wildman–Crippen MR) is 85.6 cm³/mol. The van der Waals surface area contributed by atoms with Crippen molar-refractivity contribution in [3.63, 3.8) is 0 Å². The van der Waals surface area contributed by atoms with E-state index in [1.807, 2.05) is 50.2 Å². The topological polar surface area (TPSA) is 62.1 Å². The van der Waals surface area contributed by atoms with Crippen LogP contribution in [0.1, 0.15) is 19.4 Å². The number of amides is 1. The van der Waals surface area contributed by atoms with Gasteiger partial charge in [0.2, 0.25) is 5.91 Å². The first-order chi connectivity index (χ1) is 10.5. The Labute approximate surface area is 130 Å². The molecule has 0 aromatic heterocycles. The summed E-state index contributed by atoms with van der Waals surface area (Å²) in [7, 11) is 0. The van der Waals surface area contributed by atoms with E-state index in [1.165, 1.54) is 0 Å². The van der Waals surface area contributed by atoms with Gasteiger partial charge in [-0.05, 0) is 43.7 Å². The van der Waals surface area contributed by atoms with Crippen molar-refractivity contribution in [3.05, 3.63) is 60.2 Å². The maximum atomic E-state index is 12.5. The number of nitriles is 1. The molecule has 0 aliphatic carbocycles. The number of benzene rings is 2. The molecular weight excluding hydrogens is 276 g/mol. The molecule has 0 saturated heterocycles. The van der Waals surface area contributed by atoms with Crippen molar-refractivity contribution in [2.24, 2.45) is 0 Å². The molecule has 0 unspecified atom stereocenters. The zero-order valence-electron chi connectivity index (χ0n) is 12.7. The largest absolute Gasteiger partial charge is 0.479 e. The fraction of sp³-hybridized carbons (Fsp3) is 0.222. The average Bonchev–Trinajstić information content (AvgIpc) is 2.55. The quantitative estimate of drug-likeness (QED) is 0.918. The van der Waals surface area contributed by atoms with Crippen LogP contribution in [0, 0.1) is 11.3 Å². The van der Waals surface area contributed by atoms with Gasteiger partial charge >= 0.3 is 0 Å². The highest BCUT2D eigenvalue weighted by Gasteiger charge is 2.29. The Bertz CT molecular complexity index is 670. The van der Waals surface area contributed by atoms with E-state index in [9.17, 15) is 4.79 Å². The van der Waals surface area contributed by atoms with Gasteiger partial charge in [0.25, 0.3) is 0 Å². The van der Waals surface area contributed by atoms with Crippen LogP contribution in [-0.4, -0.2) is 12.5 Å². The number of nitrogens with one attached hydrogen (secondary N) is 1. The molecule has 0 heterocycles. The van der Waals surface area contributed by atoms with E-state index in [0.717, 1.165) is 5.56 Å². The summed E-state index contributed by atoms with van der Waals surface area (Å²) in [6.45, 7) is 3.79. The molecular formula is C18H18N2O2. The first kappa shape index (κ1) is 15.6. The second-order valence-corrected chi connectivity index (χ2v) is 5.42. The van der Waals surface area contributed by atoms with Crippen LogP contribution in [0.2, 0.25) is 0 Å². The molecule has 0 radical (unpaired) electrons. The van der Waals surface area contributed by atoms with E-state index >= 15 is 0 Å². The van der Waals surface area contributed by atoms with Gasteiger partial charge in [-0.2, -0.15) is 5.26 Å². The molecule has 0 atom stereocenters. The highest BCUT2D eigenvalue weighted by Crippen LogP contribution is 2.25. The molecule has 1 N–H and O–H groups in total. The molecule has 1 amide bonds. The van der Waals surface area contributed by atoms with Crippen LogP contribution in [0.15, 0.2) is 54.6 Å². The van der Waals surface area contributed by atoms with Crippen molar-refractivity contribution in [3.8, 4) is 11.8 Å². The van der Waals surface area contributed by atoms with Crippen molar-refractivity contribution in [2.75, 3.05) is 11.9 Å². The van der Waals surface area contributed by atoms with Crippen LogP contribution < -0.4 is 10.1 Å². The molecule has 2 aromatic carbocycles. The highest BCUT2D eigenvalue weighted by molar-refractivity contribution is 5.98. The first-order valence-corrected chi connectivity index (χ1v) is 7.01. The predicted octanol–water partition coefficient (Wildman–Crippen LogP) is 3.51. The van der Waals surface area contributed by atoms with E-state index in [4.69, 9.17) is 10.00 Å². The van der Waals surface area contributed by atoms with Gasteiger partial charge < -0.3 is 10.1 Å². The monoisotopic (exact) mass is 294 g/mol. The minimum atomic E-state index is -0.628. The Balaban J connectivity index is 2.07. The summed E-state index contributed by atoms with van der Waals surface area (Å²) in [5.41, 5.74) is 1.02. The minimum Gasteiger partial charge on any atom is -0.479 e. The molecule has 4 heteroatoms. The van der Waals surface area contributed by atoms with Gasteiger partial charge in [-0.15, -0.1) is 0 Å². The van der Waals surface area contributed by atoms with Crippen LogP contribution >= 0.6 is 0 Å². The summed E-state index contributed by atoms with van der Waals surface area (Å²) >= 11 is 0. The van der Waals surface area contributed by atoms with Crippen molar-refractivity contribution >= 4 is 11.6 Å². The first-order valence-electron chi connectivity index (χ1n) is 7.01. The van der Waals surface area contributed by atoms with E-state index in [-0.39, 0.29) is 12.5 Å². The Hall–Kier alpha value is -2.80. The van der Waals surface area contributed by atoms with Crippen LogP contribution in [0.25, 0.3) is 0 Å². The summed E-state index contributed by atoms with van der Waals surface area (Å²) in [5.74, 6) is 0.520. The van der Waals surface area contributed by atoms with Crippen LogP contribution in [0.4, 0.5) is 5.69 Å². The maximum Gasteiger partial charge on any atom is 0.234 e. The molecule has 0 saturated carbocycles.